The average molecular weight is 352 g/mol. The second kappa shape index (κ2) is 7.57. The van der Waals surface area contributed by atoms with Gasteiger partial charge in [-0.2, -0.15) is 0 Å². The van der Waals surface area contributed by atoms with Crippen molar-refractivity contribution in [2.75, 3.05) is 16.6 Å². The first-order chi connectivity index (χ1) is 11.3. The van der Waals surface area contributed by atoms with Crippen molar-refractivity contribution in [1.29, 1.82) is 0 Å². The minimum atomic E-state index is -3.84. The number of aryl methyl sites for hydroxylation is 1. The molecular weight excluding hydrogens is 331 g/mol. The summed E-state index contributed by atoms with van der Waals surface area (Å²) in [6.45, 7) is 6.56. The van der Waals surface area contributed by atoms with E-state index in [-0.39, 0.29) is 10.7 Å². The summed E-state index contributed by atoms with van der Waals surface area (Å²) < 4.78 is 40.2. The minimum absolute atomic E-state index is 0.00448. The van der Waals surface area contributed by atoms with E-state index in [1.165, 1.54) is 25.1 Å². The molecule has 0 bridgehead atoms. The Morgan fingerprint density at radius 1 is 1.12 bits per heavy atom. The van der Waals surface area contributed by atoms with Crippen molar-refractivity contribution in [1.82, 2.24) is 10.2 Å². The van der Waals surface area contributed by atoms with Crippen LogP contribution in [0.2, 0.25) is 0 Å². The minimum Gasteiger partial charge on any atom is -0.369 e. The highest BCUT2D eigenvalue weighted by atomic mass is 32.2. The van der Waals surface area contributed by atoms with Gasteiger partial charge in [0.1, 0.15) is 11.6 Å². The molecule has 2 aromatic rings. The number of benzene rings is 1. The number of hydrogen-bond acceptors (Lipinski definition) is 5. The lowest BCUT2D eigenvalue weighted by Gasteiger charge is -2.10. The molecule has 8 heteroatoms. The van der Waals surface area contributed by atoms with Crippen LogP contribution >= 0.6 is 0 Å². The van der Waals surface area contributed by atoms with Gasteiger partial charge in [-0.25, -0.2) is 12.8 Å². The van der Waals surface area contributed by atoms with Crippen LogP contribution < -0.4 is 10.0 Å². The van der Waals surface area contributed by atoms with Crippen LogP contribution in [0.4, 0.5) is 16.0 Å². The van der Waals surface area contributed by atoms with E-state index in [0.29, 0.717) is 17.3 Å². The van der Waals surface area contributed by atoms with Gasteiger partial charge in [0.05, 0.1) is 4.90 Å². The topological polar surface area (TPSA) is 84.0 Å². The smallest absolute Gasteiger partial charge is 0.263 e. The first-order valence-electron chi connectivity index (χ1n) is 7.64. The van der Waals surface area contributed by atoms with Crippen LogP contribution in [0, 0.1) is 18.7 Å². The molecule has 1 aromatic carbocycles. The zero-order valence-corrected chi connectivity index (χ0v) is 14.7. The molecule has 0 aliphatic heterocycles. The second-order valence-electron chi connectivity index (χ2n) is 5.93. The average Bonchev–Trinajstić information content (AvgIpc) is 2.48. The van der Waals surface area contributed by atoms with Crippen LogP contribution in [0.1, 0.15) is 25.8 Å². The zero-order chi connectivity index (χ0) is 17.7. The number of nitrogens with zero attached hydrogens (tertiary/aromatic N) is 2. The second-order valence-corrected chi connectivity index (χ2v) is 7.58. The van der Waals surface area contributed by atoms with Crippen LogP contribution in [-0.2, 0) is 10.0 Å². The maximum absolute atomic E-state index is 13.1. The summed E-state index contributed by atoms with van der Waals surface area (Å²) >= 11 is 0. The highest BCUT2D eigenvalue weighted by Crippen LogP contribution is 2.19. The Kier molecular flexibility index (Phi) is 5.71. The third kappa shape index (κ3) is 4.89. The van der Waals surface area contributed by atoms with Crippen molar-refractivity contribution < 1.29 is 12.8 Å². The number of hydrogen-bond donors (Lipinski definition) is 2. The molecule has 0 spiro atoms. The number of rotatable bonds is 7. The molecule has 1 heterocycles. The molecule has 0 unspecified atom stereocenters. The summed E-state index contributed by atoms with van der Waals surface area (Å²) in [5, 5.41) is 10.9. The number of sulfonamides is 1. The Morgan fingerprint density at radius 2 is 1.79 bits per heavy atom. The Bertz CT molecular complexity index is 792. The highest BCUT2D eigenvalue weighted by Gasteiger charge is 2.18. The van der Waals surface area contributed by atoms with Crippen molar-refractivity contribution >= 4 is 21.7 Å². The quantitative estimate of drug-likeness (QED) is 0.799. The van der Waals surface area contributed by atoms with E-state index in [1.807, 2.05) is 0 Å². The third-order valence-corrected chi connectivity index (χ3v) is 4.87. The molecule has 130 valence electrons. The zero-order valence-electron chi connectivity index (χ0n) is 13.9. The molecule has 0 radical (unpaired) electrons. The van der Waals surface area contributed by atoms with Crippen molar-refractivity contribution in [3.05, 3.63) is 41.7 Å². The van der Waals surface area contributed by atoms with Crippen molar-refractivity contribution in [2.45, 2.75) is 32.1 Å². The normalized spacial score (nSPS) is 11.5. The van der Waals surface area contributed by atoms with Gasteiger partial charge in [-0.1, -0.05) is 13.8 Å². The van der Waals surface area contributed by atoms with E-state index in [2.05, 4.69) is 34.1 Å². The number of anilines is 2. The monoisotopic (exact) mass is 352 g/mol. The van der Waals surface area contributed by atoms with Crippen LogP contribution in [0.25, 0.3) is 0 Å². The molecule has 0 aliphatic rings. The summed E-state index contributed by atoms with van der Waals surface area (Å²) in [5.41, 5.74) is 0.322. The van der Waals surface area contributed by atoms with Crippen LogP contribution in [0.5, 0.6) is 0 Å². The summed E-state index contributed by atoms with van der Waals surface area (Å²) in [6, 6.07) is 6.68. The van der Waals surface area contributed by atoms with E-state index >= 15 is 0 Å². The Hall–Kier alpha value is -2.22. The first kappa shape index (κ1) is 18.1. The molecule has 0 atom stereocenters. The SMILES string of the molecule is Cc1cc(F)ccc1S(=O)(=O)Nc1ccc(NCCC(C)C)nn1. The highest BCUT2D eigenvalue weighted by molar-refractivity contribution is 7.92. The van der Waals surface area contributed by atoms with Gasteiger partial charge in [-0.15, -0.1) is 10.2 Å². The van der Waals surface area contributed by atoms with Gasteiger partial charge in [0, 0.05) is 6.54 Å². The summed E-state index contributed by atoms with van der Waals surface area (Å²) in [7, 11) is -3.84. The van der Waals surface area contributed by atoms with Gasteiger partial charge in [-0.05, 0) is 55.2 Å². The van der Waals surface area contributed by atoms with E-state index in [9.17, 15) is 12.8 Å². The standard InChI is InChI=1S/C16H21FN4O2S/c1-11(2)8-9-18-15-6-7-16(20-19-15)21-24(22,23)14-5-4-13(17)10-12(14)3/h4-7,10-11H,8-9H2,1-3H3,(H,18,19)(H,20,21). The molecule has 2 N–H and O–H groups in total. The Labute approximate surface area is 141 Å². The van der Waals surface area contributed by atoms with E-state index in [0.717, 1.165) is 19.0 Å². The summed E-state index contributed by atoms with van der Waals surface area (Å²) in [6.07, 6.45) is 1.000. The Balaban J connectivity index is 2.07. The lowest BCUT2D eigenvalue weighted by molar-refractivity contribution is 0.598. The lowest BCUT2D eigenvalue weighted by atomic mass is 10.1. The maximum atomic E-state index is 13.1. The fourth-order valence-electron chi connectivity index (χ4n) is 2.08. The number of halogens is 1. The fraction of sp³-hybridized carbons (Fsp3) is 0.375. The van der Waals surface area contributed by atoms with Crippen molar-refractivity contribution in [3.8, 4) is 0 Å². The van der Waals surface area contributed by atoms with Gasteiger partial charge in [0.2, 0.25) is 0 Å². The van der Waals surface area contributed by atoms with Crippen molar-refractivity contribution in [3.63, 3.8) is 0 Å². The molecule has 2 rings (SSSR count). The molecule has 1 aromatic heterocycles. The molecule has 0 saturated carbocycles. The van der Waals surface area contributed by atoms with Gasteiger partial charge >= 0.3 is 0 Å². The van der Waals surface area contributed by atoms with E-state index in [1.54, 1.807) is 6.07 Å². The Morgan fingerprint density at radius 3 is 2.38 bits per heavy atom. The predicted octanol–water partition coefficient (Wildman–Crippen LogP) is 3.18. The van der Waals surface area contributed by atoms with Crippen molar-refractivity contribution in [2.24, 2.45) is 5.92 Å². The molecule has 0 saturated heterocycles. The number of nitrogens with one attached hydrogen (secondary N) is 2. The third-order valence-electron chi connectivity index (χ3n) is 3.36. The molecule has 6 nitrogen and oxygen atoms in total. The van der Waals surface area contributed by atoms with Gasteiger partial charge in [0.15, 0.2) is 5.82 Å². The maximum Gasteiger partial charge on any atom is 0.263 e. The first-order valence-corrected chi connectivity index (χ1v) is 9.13. The van der Waals surface area contributed by atoms with E-state index < -0.39 is 15.8 Å². The van der Waals surface area contributed by atoms with Crippen LogP contribution in [0.15, 0.2) is 35.2 Å². The number of aromatic nitrogens is 2. The molecule has 24 heavy (non-hydrogen) atoms. The summed E-state index contributed by atoms with van der Waals surface area (Å²) in [5.74, 6) is 0.781. The van der Waals surface area contributed by atoms with Crippen LogP contribution in [-0.4, -0.2) is 25.2 Å². The summed E-state index contributed by atoms with van der Waals surface area (Å²) in [4.78, 5) is 0.00448. The van der Waals surface area contributed by atoms with Gasteiger partial charge in [0.25, 0.3) is 10.0 Å². The molecular formula is C16H21FN4O2S. The van der Waals surface area contributed by atoms with Gasteiger partial charge in [-0.3, -0.25) is 4.72 Å². The molecule has 0 amide bonds. The fourth-order valence-corrected chi connectivity index (χ4v) is 3.30. The molecule has 0 fully saturated rings. The van der Waals surface area contributed by atoms with Gasteiger partial charge < -0.3 is 5.32 Å². The largest absolute Gasteiger partial charge is 0.369 e. The van der Waals surface area contributed by atoms with E-state index in [4.69, 9.17) is 0 Å². The predicted molar refractivity (Wildman–Crippen MR) is 91.9 cm³/mol. The lowest BCUT2D eigenvalue weighted by Crippen LogP contribution is -2.16. The molecule has 0 aliphatic carbocycles. The van der Waals surface area contributed by atoms with Crippen LogP contribution in [0.3, 0.4) is 0 Å².